The molecule has 2 atom stereocenters. The normalized spacial score (nSPS) is 15.0. The lowest BCUT2D eigenvalue weighted by molar-refractivity contribution is 0.282. The van der Waals surface area contributed by atoms with E-state index in [0.717, 1.165) is 37.8 Å². The molecule has 0 fully saturated rings. The lowest BCUT2D eigenvalue weighted by Crippen LogP contribution is -2.32. The minimum Gasteiger partial charge on any atom is -0.339 e. The van der Waals surface area contributed by atoms with E-state index < -0.39 is 0 Å². The van der Waals surface area contributed by atoms with E-state index >= 15 is 0 Å². The Morgan fingerprint density at radius 3 is 2.35 bits per heavy atom. The third-order valence-electron chi connectivity index (χ3n) is 4.03. The zero-order valence-electron chi connectivity index (χ0n) is 13.8. The maximum Gasteiger partial charge on any atom is 0.231 e. The third-order valence-corrected chi connectivity index (χ3v) is 4.03. The predicted molar refractivity (Wildman–Crippen MR) is 81.9 cm³/mol. The summed E-state index contributed by atoms with van der Waals surface area (Å²) in [5.41, 5.74) is 0. The van der Waals surface area contributed by atoms with E-state index in [0.29, 0.717) is 12.0 Å². The standard InChI is InChI=1S/C15H30N4O/c1-7-19(8-2)10-9-13-17-15(20-18-13)14(11(3)4)12(5)16-6/h11-12,14,16H,7-10H2,1-6H3. The molecule has 0 aromatic carbocycles. The summed E-state index contributed by atoms with van der Waals surface area (Å²) in [7, 11) is 1.97. The average Bonchev–Trinajstić information content (AvgIpc) is 2.88. The van der Waals surface area contributed by atoms with Crippen molar-refractivity contribution in [1.29, 1.82) is 0 Å². The van der Waals surface area contributed by atoms with E-state index in [1.165, 1.54) is 0 Å². The van der Waals surface area contributed by atoms with Crippen LogP contribution >= 0.6 is 0 Å². The Hall–Kier alpha value is -0.940. The summed E-state index contributed by atoms with van der Waals surface area (Å²) in [4.78, 5) is 6.96. The lowest BCUT2D eigenvalue weighted by Gasteiger charge is -2.23. The molecule has 1 rings (SSSR count). The topological polar surface area (TPSA) is 54.2 Å². The van der Waals surface area contributed by atoms with Crippen LogP contribution in [0.1, 0.15) is 52.3 Å². The Balaban J connectivity index is 2.69. The smallest absolute Gasteiger partial charge is 0.231 e. The molecule has 0 spiro atoms. The molecule has 1 heterocycles. The summed E-state index contributed by atoms with van der Waals surface area (Å²) in [6.45, 7) is 14.0. The number of nitrogens with one attached hydrogen (secondary N) is 1. The van der Waals surface area contributed by atoms with E-state index in [1.807, 2.05) is 7.05 Å². The van der Waals surface area contributed by atoms with Gasteiger partial charge in [-0.25, -0.2) is 0 Å². The van der Waals surface area contributed by atoms with Gasteiger partial charge in [0.2, 0.25) is 5.89 Å². The molecule has 0 saturated carbocycles. The molecular weight excluding hydrogens is 252 g/mol. The van der Waals surface area contributed by atoms with Crippen LogP contribution in [-0.4, -0.2) is 47.8 Å². The van der Waals surface area contributed by atoms with Gasteiger partial charge in [-0.05, 0) is 33.0 Å². The summed E-state index contributed by atoms with van der Waals surface area (Å²) >= 11 is 0. The van der Waals surface area contributed by atoms with Crippen LogP contribution in [0.2, 0.25) is 0 Å². The molecule has 0 aliphatic heterocycles. The molecule has 0 saturated heterocycles. The van der Waals surface area contributed by atoms with Crippen LogP contribution < -0.4 is 5.32 Å². The maximum absolute atomic E-state index is 5.49. The van der Waals surface area contributed by atoms with Crippen LogP contribution in [0, 0.1) is 5.92 Å². The van der Waals surface area contributed by atoms with Crippen molar-refractivity contribution in [2.75, 3.05) is 26.7 Å². The third kappa shape index (κ3) is 4.56. The molecule has 116 valence electrons. The molecule has 0 bridgehead atoms. The van der Waals surface area contributed by atoms with Gasteiger partial charge in [0.05, 0.1) is 5.92 Å². The number of nitrogens with zero attached hydrogens (tertiary/aromatic N) is 3. The number of aromatic nitrogens is 2. The largest absolute Gasteiger partial charge is 0.339 e. The van der Waals surface area contributed by atoms with Crippen LogP contribution in [0.15, 0.2) is 4.52 Å². The highest BCUT2D eigenvalue weighted by Crippen LogP contribution is 2.26. The van der Waals surface area contributed by atoms with E-state index in [9.17, 15) is 0 Å². The van der Waals surface area contributed by atoms with Gasteiger partial charge in [-0.1, -0.05) is 32.9 Å². The van der Waals surface area contributed by atoms with Crippen molar-refractivity contribution < 1.29 is 4.52 Å². The van der Waals surface area contributed by atoms with Crippen molar-refractivity contribution in [3.8, 4) is 0 Å². The zero-order valence-corrected chi connectivity index (χ0v) is 13.8. The SMILES string of the molecule is CCN(CC)CCc1noc(C(C(C)C)C(C)NC)n1. The van der Waals surface area contributed by atoms with Crippen LogP contribution in [-0.2, 0) is 6.42 Å². The molecule has 0 aliphatic carbocycles. The van der Waals surface area contributed by atoms with Crippen LogP contribution in [0.5, 0.6) is 0 Å². The predicted octanol–water partition coefficient (Wildman–Crippen LogP) is 2.30. The maximum atomic E-state index is 5.49. The first-order chi connectivity index (χ1) is 9.53. The number of likely N-dealkylation sites (N-methyl/N-ethyl adjacent to an activating group) is 2. The number of hydrogen-bond acceptors (Lipinski definition) is 5. The van der Waals surface area contributed by atoms with Crippen LogP contribution in [0.4, 0.5) is 0 Å². The molecule has 1 N–H and O–H groups in total. The fourth-order valence-corrected chi connectivity index (χ4v) is 2.56. The molecule has 5 heteroatoms. The quantitative estimate of drug-likeness (QED) is 0.753. The molecule has 20 heavy (non-hydrogen) atoms. The summed E-state index contributed by atoms with van der Waals surface area (Å²) in [6, 6.07) is 0.325. The Morgan fingerprint density at radius 1 is 1.20 bits per heavy atom. The second-order valence-corrected chi connectivity index (χ2v) is 5.67. The molecule has 1 aromatic heterocycles. The minimum absolute atomic E-state index is 0.259. The Kier molecular flexibility index (Phi) is 7.16. The van der Waals surface area contributed by atoms with Crippen molar-refractivity contribution in [3.05, 3.63) is 11.7 Å². The molecule has 0 radical (unpaired) electrons. The van der Waals surface area contributed by atoms with Crippen molar-refractivity contribution in [1.82, 2.24) is 20.4 Å². The highest BCUT2D eigenvalue weighted by atomic mass is 16.5. The second kappa shape index (κ2) is 8.37. The van der Waals surface area contributed by atoms with Gasteiger partial charge in [-0.3, -0.25) is 0 Å². The first-order valence-corrected chi connectivity index (χ1v) is 7.75. The first-order valence-electron chi connectivity index (χ1n) is 7.75. The van der Waals surface area contributed by atoms with Gasteiger partial charge in [-0.2, -0.15) is 4.98 Å². The van der Waals surface area contributed by atoms with Crippen molar-refractivity contribution in [2.24, 2.45) is 5.92 Å². The molecular formula is C15H30N4O. The van der Waals surface area contributed by atoms with Gasteiger partial charge < -0.3 is 14.7 Å². The fourth-order valence-electron chi connectivity index (χ4n) is 2.56. The summed E-state index contributed by atoms with van der Waals surface area (Å²) in [5.74, 6) is 2.31. The zero-order chi connectivity index (χ0) is 15.1. The summed E-state index contributed by atoms with van der Waals surface area (Å²) < 4.78 is 5.49. The van der Waals surface area contributed by atoms with E-state index in [1.54, 1.807) is 0 Å². The summed E-state index contributed by atoms with van der Waals surface area (Å²) in [5, 5.41) is 7.42. The number of hydrogen-bond donors (Lipinski definition) is 1. The van der Waals surface area contributed by atoms with E-state index in [4.69, 9.17) is 4.52 Å². The Morgan fingerprint density at radius 2 is 1.85 bits per heavy atom. The number of rotatable bonds is 9. The monoisotopic (exact) mass is 282 g/mol. The van der Waals surface area contributed by atoms with E-state index in [-0.39, 0.29) is 5.92 Å². The highest BCUT2D eigenvalue weighted by molar-refractivity contribution is 5.00. The van der Waals surface area contributed by atoms with Crippen LogP contribution in [0.25, 0.3) is 0 Å². The lowest BCUT2D eigenvalue weighted by atomic mass is 9.89. The van der Waals surface area contributed by atoms with Gasteiger partial charge in [-0.15, -0.1) is 0 Å². The van der Waals surface area contributed by atoms with Crippen LogP contribution in [0.3, 0.4) is 0 Å². The average molecular weight is 282 g/mol. The molecule has 1 aromatic rings. The highest BCUT2D eigenvalue weighted by Gasteiger charge is 2.27. The van der Waals surface area contributed by atoms with Gasteiger partial charge in [0.1, 0.15) is 0 Å². The van der Waals surface area contributed by atoms with Gasteiger partial charge >= 0.3 is 0 Å². The van der Waals surface area contributed by atoms with Gasteiger partial charge in [0.15, 0.2) is 5.82 Å². The molecule has 0 amide bonds. The van der Waals surface area contributed by atoms with Crippen molar-refractivity contribution >= 4 is 0 Å². The van der Waals surface area contributed by atoms with Crippen molar-refractivity contribution in [2.45, 2.75) is 53.0 Å². The first kappa shape index (κ1) is 17.1. The van der Waals surface area contributed by atoms with Gasteiger partial charge in [0.25, 0.3) is 0 Å². The molecule has 5 nitrogen and oxygen atoms in total. The van der Waals surface area contributed by atoms with Gasteiger partial charge in [0, 0.05) is 19.0 Å². The second-order valence-electron chi connectivity index (χ2n) is 5.67. The van der Waals surface area contributed by atoms with Crippen molar-refractivity contribution in [3.63, 3.8) is 0 Å². The molecule has 0 aliphatic rings. The van der Waals surface area contributed by atoms with E-state index in [2.05, 4.69) is 55.0 Å². The fraction of sp³-hybridized carbons (Fsp3) is 0.867. The minimum atomic E-state index is 0.259. The molecule has 2 unspecified atom stereocenters. The Labute approximate surface area is 123 Å². The Bertz CT molecular complexity index is 374. The summed E-state index contributed by atoms with van der Waals surface area (Å²) in [6.07, 6.45) is 0.851.